The lowest BCUT2D eigenvalue weighted by Crippen LogP contribution is -2.10. The Bertz CT molecular complexity index is 507. The highest BCUT2D eigenvalue weighted by atomic mass is 19.1. The number of aromatic nitrogens is 3. The first-order valence-corrected chi connectivity index (χ1v) is 4.53. The van der Waals surface area contributed by atoms with Gasteiger partial charge in [-0.3, -0.25) is 0 Å². The average molecular weight is 221 g/mol. The molecule has 0 saturated carbocycles. The molecule has 0 spiro atoms. The Hall–Kier alpha value is -2.24. The van der Waals surface area contributed by atoms with Gasteiger partial charge in [-0.05, 0) is 17.7 Å². The van der Waals surface area contributed by atoms with Crippen molar-refractivity contribution in [2.45, 2.75) is 6.54 Å². The highest BCUT2D eigenvalue weighted by molar-refractivity contribution is 5.85. The lowest BCUT2D eigenvalue weighted by molar-refractivity contribution is 0.0684. The summed E-state index contributed by atoms with van der Waals surface area (Å²) >= 11 is 0. The van der Waals surface area contributed by atoms with Gasteiger partial charge in [-0.1, -0.05) is 17.3 Å². The van der Waals surface area contributed by atoms with Crippen molar-refractivity contribution in [2.24, 2.45) is 0 Å². The minimum absolute atomic E-state index is 0.00400. The first-order valence-electron chi connectivity index (χ1n) is 4.53. The Morgan fingerprint density at radius 2 is 2.06 bits per heavy atom. The molecular weight excluding hydrogens is 213 g/mol. The fourth-order valence-corrected chi connectivity index (χ4v) is 1.30. The van der Waals surface area contributed by atoms with Crippen LogP contribution in [0.2, 0.25) is 0 Å². The van der Waals surface area contributed by atoms with Gasteiger partial charge in [0.1, 0.15) is 5.82 Å². The van der Waals surface area contributed by atoms with Gasteiger partial charge in [0.15, 0.2) is 5.69 Å². The Kier molecular flexibility index (Phi) is 2.63. The minimum Gasteiger partial charge on any atom is -0.476 e. The van der Waals surface area contributed by atoms with E-state index in [4.69, 9.17) is 5.11 Å². The van der Waals surface area contributed by atoms with E-state index in [2.05, 4.69) is 10.3 Å². The van der Waals surface area contributed by atoms with Gasteiger partial charge in [-0.25, -0.2) is 13.9 Å². The molecule has 1 heterocycles. The van der Waals surface area contributed by atoms with Crippen molar-refractivity contribution in [3.05, 3.63) is 47.5 Å². The van der Waals surface area contributed by atoms with Crippen molar-refractivity contribution >= 4 is 5.97 Å². The topological polar surface area (TPSA) is 68.0 Å². The van der Waals surface area contributed by atoms with E-state index in [9.17, 15) is 9.18 Å². The third-order valence-corrected chi connectivity index (χ3v) is 2.08. The zero-order chi connectivity index (χ0) is 11.5. The molecule has 2 rings (SSSR count). The maximum Gasteiger partial charge on any atom is 0.355 e. The zero-order valence-corrected chi connectivity index (χ0v) is 8.17. The van der Waals surface area contributed by atoms with Crippen LogP contribution in [0, 0.1) is 5.82 Å². The van der Waals surface area contributed by atoms with Crippen LogP contribution in [0.3, 0.4) is 0 Å². The highest BCUT2D eigenvalue weighted by Gasteiger charge is 2.11. The molecule has 0 radical (unpaired) electrons. The SMILES string of the molecule is O=C(O)c1cnnn1Cc1ccc(F)cc1. The van der Waals surface area contributed by atoms with Gasteiger partial charge in [0.05, 0.1) is 12.7 Å². The molecule has 2 aromatic rings. The molecular formula is C10H8FN3O2. The van der Waals surface area contributed by atoms with Gasteiger partial charge in [0, 0.05) is 0 Å². The van der Waals surface area contributed by atoms with E-state index in [1.807, 2.05) is 0 Å². The predicted molar refractivity (Wildman–Crippen MR) is 52.5 cm³/mol. The summed E-state index contributed by atoms with van der Waals surface area (Å²) in [6, 6.07) is 5.77. The minimum atomic E-state index is -1.09. The number of benzene rings is 1. The van der Waals surface area contributed by atoms with Crippen LogP contribution < -0.4 is 0 Å². The lowest BCUT2D eigenvalue weighted by Gasteiger charge is -2.02. The van der Waals surface area contributed by atoms with E-state index in [0.29, 0.717) is 0 Å². The quantitative estimate of drug-likeness (QED) is 0.844. The van der Waals surface area contributed by atoms with Gasteiger partial charge >= 0.3 is 5.97 Å². The summed E-state index contributed by atoms with van der Waals surface area (Å²) in [4.78, 5) is 10.8. The van der Waals surface area contributed by atoms with Crippen molar-refractivity contribution in [3.8, 4) is 0 Å². The monoisotopic (exact) mass is 221 g/mol. The van der Waals surface area contributed by atoms with Gasteiger partial charge in [0.25, 0.3) is 0 Å². The van der Waals surface area contributed by atoms with E-state index in [-0.39, 0.29) is 18.1 Å². The Balaban J connectivity index is 2.23. The molecule has 0 aliphatic heterocycles. The smallest absolute Gasteiger partial charge is 0.355 e. The van der Waals surface area contributed by atoms with Crippen molar-refractivity contribution in [3.63, 3.8) is 0 Å². The largest absolute Gasteiger partial charge is 0.476 e. The molecule has 0 fully saturated rings. The molecule has 0 amide bonds. The van der Waals surface area contributed by atoms with Crippen molar-refractivity contribution < 1.29 is 14.3 Å². The third kappa shape index (κ3) is 2.05. The summed E-state index contributed by atoms with van der Waals surface area (Å²) in [7, 11) is 0. The number of carboxylic acid groups (broad SMARTS) is 1. The second-order valence-corrected chi connectivity index (χ2v) is 3.21. The number of carboxylic acids is 1. The highest BCUT2D eigenvalue weighted by Crippen LogP contribution is 2.06. The standard InChI is InChI=1S/C10H8FN3O2/c11-8-3-1-7(2-4-8)6-14-9(10(15)16)5-12-13-14/h1-5H,6H2,(H,15,16). The number of nitrogens with zero attached hydrogens (tertiary/aromatic N) is 3. The van der Waals surface area contributed by atoms with Crippen LogP contribution in [0.25, 0.3) is 0 Å². The number of carbonyl (C=O) groups is 1. The molecule has 0 saturated heterocycles. The van der Waals surface area contributed by atoms with Crippen LogP contribution in [-0.2, 0) is 6.54 Å². The maximum absolute atomic E-state index is 12.6. The van der Waals surface area contributed by atoms with Crippen LogP contribution in [0.5, 0.6) is 0 Å². The molecule has 16 heavy (non-hydrogen) atoms. The summed E-state index contributed by atoms with van der Waals surface area (Å²) in [6.07, 6.45) is 1.17. The van der Waals surface area contributed by atoms with Crippen LogP contribution in [-0.4, -0.2) is 26.1 Å². The molecule has 6 heteroatoms. The number of hydrogen-bond acceptors (Lipinski definition) is 3. The molecule has 5 nitrogen and oxygen atoms in total. The maximum atomic E-state index is 12.6. The summed E-state index contributed by atoms with van der Waals surface area (Å²) in [5.74, 6) is -1.42. The van der Waals surface area contributed by atoms with Crippen LogP contribution in [0.1, 0.15) is 16.1 Å². The molecule has 0 unspecified atom stereocenters. The second kappa shape index (κ2) is 4.09. The van der Waals surface area contributed by atoms with Crippen molar-refractivity contribution in [1.29, 1.82) is 0 Å². The molecule has 0 aliphatic carbocycles. The Morgan fingerprint density at radius 1 is 1.38 bits per heavy atom. The molecule has 1 aromatic carbocycles. The average Bonchev–Trinajstić information content (AvgIpc) is 2.69. The number of hydrogen-bond donors (Lipinski definition) is 1. The fourth-order valence-electron chi connectivity index (χ4n) is 1.30. The third-order valence-electron chi connectivity index (χ3n) is 2.08. The Morgan fingerprint density at radius 3 is 2.69 bits per heavy atom. The number of aromatic carboxylic acids is 1. The first kappa shape index (κ1) is 10.3. The molecule has 0 bridgehead atoms. The predicted octanol–water partition coefficient (Wildman–Crippen LogP) is 1.16. The zero-order valence-electron chi connectivity index (χ0n) is 8.17. The van der Waals surface area contributed by atoms with Crippen LogP contribution in [0.15, 0.2) is 30.5 Å². The summed E-state index contributed by atoms with van der Waals surface area (Å²) in [6.45, 7) is 0.252. The van der Waals surface area contributed by atoms with Gasteiger partial charge in [0.2, 0.25) is 0 Å². The van der Waals surface area contributed by atoms with E-state index < -0.39 is 5.97 Å². The van der Waals surface area contributed by atoms with E-state index in [1.165, 1.54) is 23.0 Å². The molecule has 82 valence electrons. The first-order chi connectivity index (χ1) is 7.66. The molecule has 0 aliphatic rings. The molecule has 1 N–H and O–H groups in total. The van der Waals surface area contributed by atoms with E-state index >= 15 is 0 Å². The van der Waals surface area contributed by atoms with Gasteiger partial charge < -0.3 is 5.11 Å². The van der Waals surface area contributed by atoms with Crippen molar-refractivity contribution in [1.82, 2.24) is 15.0 Å². The summed E-state index contributed by atoms with van der Waals surface area (Å²) < 4.78 is 13.9. The van der Waals surface area contributed by atoms with E-state index in [0.717, 1.165) is 5.56 Å². The van der Waals surface area contributed by atoms with E-state index in [1.54, 1.807) is 12.1 Å². The van der Waals surface area contributed by atoms with Crippen LogP contribution >= 0.6 is 0 Å². The normalized spacial score (nSPS) is 10.3. The Labute approximate surface area is 90.1 Å². The molecule has 1 aromatic heterocycles. The summed E-state index contributed by atoms with van der Waals surface area (Å²) in [5, 5.41) is 16.0. The number of rotatable bonds is 3. The van der Waals surface area contributed by atoms with Gasteiger partial charge in [-0.2, -0.15) is 0 Å². The lowest BCUT2D eigenvalue weighted by atomic mass is 10.2. The summed E-state index contributed by atoms with van der Waals surface area (Å²) in [5.41, 5.74) is 0.763. The van der Waals surface area contributed by atoms with Crippen LogP contribution in [0.4, 0.5) is 4.39 Å². The second-order valence-electron chi connectivity index (χ2n) is 3.21. The van der Waals surface area contributed by atoms with Crippen molar-refractivity contribution in [2.75, 3.05) is 0 Å². The number of halogens is 1. The fraction of sp³-hybridized carbons (Fsp3) is 0.100. The molecule has 0 atom stereocenters. The van der Waals surface area contributed by atoms with Gasteiger partial charge in [-0.15, -0.1) is 5.10 Å².